The van der Waals surface area contributed by atoms with Gasteiger partial charge < -0.3 is 15.9 Å². The smallest absolute Gasteiger partial charge is 0.321 e. The fraction of sp³-hybridized carbons (Fsp3) is 0.667. The monoisotopic (exact) mass is 161 g/mol. The van der Waals surface area contributed by atoms with Crippen molar-refractivity contribution in [3.8, 4) is 0 Å². The second-order valence-electron chi connectivity index (χ2n) is 2.26. The van der Waals surface area contributed by atoms with E-state index in [1.54, 1.807) is 0 Å². The van der Waals surface area contributed by atoms with E-state index >= 15 is 0 Å². The minimum absolute atomic E-state index is 0.414. The highest BCUT2D eigenvalue weighted by Crippen LogP contribution is 2.01. The van der Waals surface area contributed by atoms with E-state index < -0.39 is 30.3 Å². The summed E-state index contributed by atoms with van der Waals surface area (Å²) in [4.78, 5) is 20.8. The third-order valence-electron chi connectivity index (χ3n) is 1.44. The van der Waals surface area contributed by atoms with Gasteiger partial charge >= 0.3 is 5.97 Å². The number of hydrogen-bond donors (Lipinski definition) is 3. The van der Waals surface area contributed by atoms with Crippen LogP contribution in [0.5, 0.6) is 0 Å². The molecule has 1 unspecified atom stereocenters. The summed E-state index contributed by atoms with van der Waals surface area (Å²) < 4.78 is 0. The van der Waals surface area contributed by atoms with Crippen molar-refractivity contribution in [3.05, 3.63) is 0 Å². The van der Waals surface area contributed by atoms with Crippen molar-refractivity contribution in [3.63, 3.8) is 0 Å². The predicted molar refractivity (Wildman–Crippen MR) is 36.9 cm³/mol. The van der Waals surface area contributed by atoms with Crippen LogP contribution in [0.1, 0.15) is 6.92 Å². The molecular formula is C6H11NO4. The molecule has 4 N–H and O–H groups in total. The van der Waals surface area contributed by atoms with Gasteiger partial charge in [0.15, 0.2) is 0 Å². The number of aliphatic carboxylic acids is 1. The number of carbonyl (C=O) groups is 2. The van der Waals surface area contributed by atoms with Crippen LogP contribution in [0.3, 0.4) is 0 Å². The predicted octanol–water partition coefficient (Wildman–Crippen LogP) is -1.40. The van der Waals surface area contributed by atoms with Gasteiger partial charge in [0.05, 0.1) is 12.5 Å². The Morgan fingerprint density at radius 3 is 2.09 bits per heavy atom. The van der Waals surface area contributed by atoms with Gasteiger partial charge in [-0.25, -0.2) is 0 Å². The van der Waals surface area contributed by atoms with E-state index in [0.29, 0.717) is 0 Å². The van der Waals surface area contributed by atoms with Gasteiger partial charge in [-0.2, -0.15) is 0 Å². The number of aliphatic hydroxyl groups is 1. The van der Waals surface area contributed by atoms with Crippen molar-refractivity contribution >= 4 is 11.8 Å². The summed E-state index contributed by atoms with van der Waals surface area (Å²) in [6, 6.07) is -1.31. The van der Waals surface area contributed by atoms with E-state index in [1.165, 1.54) is 6.92 Å². The highest BCUT2D eigenvalue weighted by molar-refractivity contribution is 5.86. The Labute approximate surface area is 63.8 Å². The highest BCUT2D eigenvalue weighted by Gasteiger charge is 2.26. The minimum atomic E-state index is -1.31. The van der Waals surface area contributed by atoms with E-state index in [4.69, 9.17) is 15.9 Å². The van der Waals surface area contributed by atoms with Crippen LogP contribution in [0.15, 0.2) is 0 Å². The van der Waals surface area contributed by atoms with Crippen LogP contribution in [0.4, 0.5) is 0 Å². The number of aliphatic hydroxyl groups excluding tert-OH is 1. The molecule has 0 spiro atoms. The maximum absolute atomic E-state index is 10.6. The minimum Gasteiger partial charge on any atom is -0.480 e. The summed E-state index contributed by atoms with van der Waals surface area (Å²) in [6.45, 7) is 0.673. The molecule has 0 bridgehead atoms. The van der Waals surface area contributed by atoms with Gasteiger partial charge in [-0.15, -0.1) is 0 Å². The number of Topliss-reactive ketones (excluding diaryl/α,β-unsaturated/α-hetero) is 1. The van der Waals surface area contributed by atoms with Gasteiger partial charge in [0.1, 0.15) is 11.8 Å². The third kappa shape index (κ3) is 2.65. The second kappa shape index (κ2) is 4.05. The van der Waals surface area contributed by atoms with Crippen molar-refractivity contribution in [2.45, 2.75) is 13.0 Å². The van der Waals surface area contributed by atoms with Gasteiger partial charge in [0.25, 0.3) is 0 Å². The van der Waals surface area contributed by atoms with E-state index in [-0.39, 0.29) is 0 Å². The molecule has 0 aromatic carbocycles. The molecule has 0 radical (unpaired) electrons. The molecule has 0 fully saturated rings. The standard InChI is InChI=1S/C6H11NO4/c1-3(9)4(2-8)5(7)6(10)11/h4-5,8H,2,7H2,1H3,(H,10,11)/t4?,5-/m0/s1. The molecular weight excluding hydrogens is 150 g/mol. The molecule has 5 nitrogen and oxygen atoms in total. The average molecular weight is 161 g/mol. The molecule has 0 rings (SSSR count). The summed E-state index contributed by atoms with van der Waals surface area (Å²) in [7, 11) is 0. The maximum Gasteiger partial charge on any atom is 0.321 e. The molecule has 2 atom stereocenters. The fourth-order valence-corrected chi connectivity index (χ4v) is 0.667. The van der Waals surface area contributed by atoms with Gasteiger partial charge in [0.2, 0.25) is 0 Å². The van der Waals surface area contributed by atoms with Crippen molar-refractivity contribution < 1.29 is 19.8 Å². The summed E-state index contributed by atoms with van der Waals surface area (Å²) in [6.07, 6.45) is 0. The quantitative estimate of drug-likeness (QED) is 0.470. The van der Waals surface area contributed by atoms with Crippen molar-refractivity contribution in [2.75, 3.05) is 6.61 Å². The number of nitrogens with two attached hydrogens (primary N) is 1. The molecule has 0 aliphatic heterocycles. The normalized spacial score (nSPS) is 15.5. The molecule has 0 aliphatic rings. The zero-order valence-corrected chi connectivity index (χ0v) is 6.15. The lowest BCUT2D eigenvalue weighted by Crippen LogP contribution is -2.43. The van der Waals surface area contributed by atoms with E-state index in [2.05, 4.69) is 0 Å². The largest absolute Gasteiger partial charge is 0.480 e. The first-order valence-corrected chi connectivity index (χ1v) is 3.10. The number of ketones is 1. The molecule has 11 heavy (non-hydrogen) atoms. The zero-order chi connectivity index (χ0) is 9.02. The Kier molecular flexibility index (Phi) is 3.70. The van der Waals surface area contributed by atoms with Crippen molar-refractivity contribution in [1.82, 2.24) is 0 Å². The Hall–Kier alpha value is -0.940. The fourth-order valence-electron chi connectivity index (χ4n) is 0.667. The number of carboxylic acids is 1. The average Bonchev–Trinajstić information content (AvgIpc) is 1.88. The lowest BCUT2D eigenvalue weighted by atomic mass is 9.98. The van der Waals surface area contributed by atoms with Crippen LogP contribution in [0.25, 0.3) is 0 Å². The van der Waals surface area contributed by atoms with Crippen LogP contribution in [-0.4, -0.2) is 34.6 Å². The van der Waals surface area contributed by atoms with E-state index in [0.717, 1.165) is 0 Å². The second-order valence-corrected chi connectivity index (χ2v) is 2.26. The van der Waals surface area contributed by atoms with Crippen molar-refractivity contribution in [2.24, 2.45) is 11.7 Å². The van der Waals surface area contributed by atoms with E-state index in [1.807, 2.05) is 0 Å². The third-order valence-corrected chi connectivity index (χ3v) is 1.44. The molecule has 0 aliphatic carbocycles. The maximum atomic E-state index is 10.6. The SMILES string of the molecule is CC(=O)C(CO)[C@H](N)C(=O)O. The first-order valence-electron chi connectivity index (χ1n) is 3.10. The van der Waals surface area contributed by atoms with Crippen LogP contribution >= 0.6 is 0 Å². The lowest BCUT2D eigenvalue weighted by molar-refractivity contribution is -0.143. The molecule has 64 valence electrons. The summed E-state index contributed by atoms with van der Waals surface area (Å²) in [5.41, 5.74) is 5.09. The van der Waals surface area contributed by atoms with Crippen LogP contribution < -0.4 is 5.73 Å². The Morgan fingerprint density at radius 1 is 1.55 bits per heavy atom. The lowest BCUT2D eigenvalue weighted by Gasteiger charge is -2.14. The van der Waals surface area contributed by atoms with Crippen LogP contribution in [0, 0.1) is 5.92 Å². The molecule has 5 heteroatoms. The molecule has 0 heterocycles. The molecule has 0 saturated heterocycles. The number of carbonyl (C=O) groups excluding carboxylic acids is 1. The van der Waals surface area contributed by atoms with Gasteiger partial charge in [0, 0.05) is 0 Å². The van der Waals surface area contributed by atoms with Crippen LogP contribution in [-0.2, 0) is 9.59 Å². The van der Waals surface area contributed by atoms with E-state index in [9.17, 15) is 9.59 Å². The highest BCUT2D eigenvalue weighted by atomic mass is 16.4. The number of carboxylic acid groups (broad SMARTS) is 1. The van der Waals surface area contributed by atoms with Gasteiger partial charge in [-0.1, -0.05) is 0 Å². The van der Waals surface area contributed by atoms with Crippen LogP contribution in [0.2, 0.25) is 0 Å². The number of rotatable bonds is 4. The molecule has 0 aromatic rings. The summed E-state index contributed by atoms with van der Waals surface area (Å²) >= 11 is 0. The van der Waals surface area contributed by atoms with Gasteiger partial charge in [-0.3, -0.25) is 9.59 Å². The number of hydrogen-bond acceptors (Lipinski definition) is 4. The summed E-state index contributed by atoms with van der Waals surface area (Å²) in [5, 5.41) is 16.9. The molecule has 0 aromatic heterocycles. The molecule has 0 saturated carbocycles. The van der Waals surface area contributed by atoms with Crippen molar-refractivity contribution in [1.29, 1.82) is 0 Å². The first-order chi connectivity index (χ1) is 5.00. The summed E-state index contributed by atoms with van der Waals surface area (Å²) in [5.74, 6) is -2.69. The molecule has 0 amide bonds. The first kappa shape index (κ1) is 10.1. The Bertz CT molecular complexity index is 168. The van der Waals surface area contributed by atoms with Gasteiger partial charge in [-0.05, 0) is 6.92 Å². The topological polar surface area (TPSA) is 101 Å². The Morgan fingerprint density at radius 2 is 2.00 bits per heavy atom. The Balaban J connectivity index is 4.25. The zero-order valence-electron chi connectivity index (χ0n) is 6.15.